The summed E-state index contributed by atoms with van der Waals surface area (Å²) in [5.41, 5.74) is 1.46. The van der Waals surface area contributed by atoms with Gasteiger partial charge in [0.05, 0.1) is 16.2 Å². The van der Waals surface area contributed by atoms with Crippen molar-refractivity contribution in [3.8, 4) is 0 Å². The molecular weight excluding hydrogens is 524 g/mol. The van der Waals surface area contributed by atoms with Crippen LogP contribution in [0.1, 0.15) is 93.6 Å². The summed E-state index contributed by atoms with van der Waals surface area (Å²) in [7, 11) is 0. The number of benzene rings is 1. The van der Waals surface area contributed by atoms with E-state index >= 15 is 0 Å². The Kier molecular flexibility index (Phi) is 8.39. The van der Waals surface area contributed by atoms with Crippen LogP contribution in [0.15, 0.2) is 47.5 Å². The third-order valence-corrected chi connectivity index (χ3v) is 11.2. The van der Waals surface area contributed by atoms with Gasteiger partial charge in [-0.05, 0) is 80.9 Å². The molecule has 0 bridgehead atoms. The number of fused-ring (bicyclic) bond motifs is 1. The second kappa shape index (κ2) is 11.6. The van der Waals surface area contributed by atoms with Crippen molar-refractivity contribution in [1.82, 2.24) is 4.98 Å². The van der Waals surface area contributed by atoms with Gasteiger partial charge in [0.15, 0.2) is 0 Å². The summed E-state index contributed by atoms with van der Waals surface area (Å²) in [5.74, 6) is -0.168. The molecule has 2 saturated carbocycles. The number of para-hydroxylation sites is 1. The van der Waals surface area contributed by atoms with E-state index in [0.29, 0.717) is 21.7 Å². The summed E-state index contributed by atoms with van der Waals surface area (Å²) in [4.78, 5) is 34.7. The fourth-order valence-corrected chi connectivity index (χ4v) is 8.18. The Labute approximate surface area is 240 Å². The first-order valence-corrected chi connectivity index (χ1v) is 16.0. The van der Waals surface area contributed by atoms with Crippen molar-refractivity contribution in [1.29, 1.82) is 0 Å². The Morgan fingerprint density at radius 3 is 2.33 bits per heavy atom. The number of pyridine rings is 1. The molecule has 2 fully saturated rings. The summed E-state index contributed by atoms with van der Waals surface area (Å²) >= 11 is 3.16. The number of rotatable bonds is 6. The van der Waals surface area contributed by atoms with E-state index in [9.17, 15) is 14.7 Å². The van der Waals surface area contributed by atoms with Crippen LogP contribution >= 0.6 is 23.1 Å². The van der Waals surface area contributed by atoms with Gasteiger partial charge in [-0.1, -0.05) is 52.0 Å². The maximum Gasteiger partial charge on any atom is 0.348 e. The molecule has 3 aromatic rings. The number of aromatic nitrogens is 1. The number of thioether (sulfide) groups is 1. The molecular formula is C32H40N2O3S2. The number of carboxylic acid groups (broad SMARTS) is 1. The number of hydrogen-bond donors (Lipinski definition) is 1. The smallest absolute Gasteiger partial charge is 0.348 e. The normalized spacial score (nSPS) is 24.0. The topological polar surface area (TPSA) is 70.5 Å². The molecule has 1 N–H and O–H groups in total. The van der Waals surface area contributed by atoms with Gasteiger partial charge >= 0.3 is 5.97 Å². The molecule has 0 spiro atoms. The minimum absolute atomic E-state index is 0.0188. The van der Waals surface area contributed by atoms with Gasteiger partial charge in [-0.25, -0.2) is 9.78 Å². The zero-order valence-corrected chi connectivity index (χ0v) is 25.1. The maximum absolute atomic E-state index is 14.2. The van der Waals surface area contributed by atoms with E-state index in [1.807, 2.05) is 34.9 Å². The van der Waals surface area contributed by atoms with E-state index in [1.165, 1.54) is 11.3 Å². The van der Waals surface area contributed by atoms with Crippen LogP contribution < -0.4 is 4.90 Å². The van der Waals surface area contributed by atoms with Gasteiger partial charge in [0.1, 0.15) is 4.88 Å². The third kappa shape index (κ3) is 6.35. The Bertz CT molecular complexity index is 1330. The molecule has 0 unspecified atom stereocenters. The second-order valence-corrected chi connectivity index (χ2v) is 14.8. The van der Waals surface area contributed by atoms with Crippen LogP contribution in [0, 0.1) is 11.8 Å². The molecule has 5 nitrogen and oxygen atoms in total. The first kappa shape index (κ1) is 28.2. The lowest BCUT2D eigenvalue weighted by molar-refractivity contribution is -0.124. The molecule has 1 aromatic carbocycles. The van der Waals surface area contributed by atoms with Crippen LogP contribution in [-0.4, -0.2) is 33.3 Å². The molecule has 2 aliphatic rings. The summed E-state index contributed by atoms with van der Waals surface area (Å²) in [6.45, 7) is 8.57. The van der Waals surface area contributed by atoms with Crippen LogP contribution in [-0.2, 0) is 10.2 Å². The SMILES string of the molecule is CC1CCC(C(=O)N(c2cc(C(C)(C)C)sc2C(=O)O)C2CCC(Sc3ccc4ccccc4n3)CC2)CC1. The van der Waals surface area contributed by atoms with E-state index in [1.54, 1.807) is 0 Å². The Morgan fingerprint density at radius 1 is 0.974 bits per heavy atom. The number of carbonyl (C=O) groups is 2. The fourth-order valence-electron chi connectivity index (χ4n) is 5.99. The quantitative estimate of drug-likeness (QED) is 0.325. The molecule has 2 heterocycles. The molecule has 2 aliphatic carbocycles. The first-order chi connectivity index (χ1) is 18.6. The molecule has 0 radical (unpaired) electrons. The highest BCUT2D eigenvalue weighted by Gasteiger charge is 2.38. The third-order valence-electron chi connectivity index (χ3n) is 8.38. The van der Waals surface area contributed by atoms with E-state index in [2.05, 4.69) is 52.0 Å². The second-order valence-electron chi connectivity index (χ2n) is 12.4. The maximum atomic E-state index is 14.2. The number of hydrogen-bond acceptors (Lipinski definition) is 5. The molecule has 1 amide bonds. The Morgan fingerprint density at radius 2 is 1.67 bits per heavy atom. The average Bonchev–Trinajstić information content (AvgIpc) is 3.36. The molecule has 39 heavy (non-hydrogen) atoms. The van der Waals surface area contributed by atoms with Crippen molar-refractivity contribution in [2.75, 3.05) is 4.90 Å². The molecule has 0 saturated heterocycles. The summed E-state index contributed by atoms with van der Waals surface area (Å²) < 4.78 is 0. The number of nitrogens with zero attached hydrogens (tertiary/aromatic N) is 2. The van der Waals surface area contributed by atoms with E-state index in [-0.39, 0.29) is 23.3 Å². The van der Waals surface area contributed by atoms with Gasteiger partial charge in [-0.15, -0.1) is 23.1 Å². The molecule has 5 rings (SSSR count). The Hall–Kier alpha value is -2.38. The van der Waals surface area contributed by atoms with Crippen LogP contribution in [0.4, 0.5) is 5.69 Å². The zero-order valence-electron chi connectivity index (χ0n) is 23.5. The van der Waals surface area contributed by atoms with Crippen LogP contribution in [0.2, 0.25) is 0 Å². The summed E-state index contributed by atoms with van der Waals surface area (Å²) in [6, 6.07) is 14.5. The number of carbonyl (C=O) groups excluding carboxylic acids is 1. The van der Waals surface area contributed by atoms with Crippen molar-refractivity contribution in [2.24, 2.45) is 11.8 Å². The summed E-state index contributed by atoms with van der Waals surface area (Å²) in [6.07, 6.45) is 7.63. The standard InChI is InChI=1S/C32H40N2O3S2/c1-20-9-11-22(12-10-20)30(35)34(26-19-27(32(2,3)4)39-29(26)31(36)37)23-14-16-24(17-15-23)38-28-18-13-21-7-5-6-8-25(21)33-28/h5-8,13,18-20,22-24H,9-12,14-17H2,1-4H3,(H,36,37). The monoisotopic (exact) mass is 564 g/mol. The largest absolute Gasteiger partial charge is 0.477 e. The molecule has 0 atom stereocenters. The van der Waals surface area contributed by atoms with Gasteiger partial charge in [0, 0.05) is 27.5 Å². The van der Waals surface area contributed by atoms with E-state index in [0.717, 1.165) is 72.2 Å². The number of anilines is 1. The lowest BCUT2D eigenvalue weighted by Crippen LogP contribution is -2.46. The molecule has 2 aromatic heterocycles. The van der Waals surface area contributed by atoms with E-state index in [4.69, 9.17) is 4.98 Å². The highest BCUT2D eigenvalue weighted by molar-refractivity contribution is 7.99. The number of carboxylic acids is 1. The van der Waals surface area contributed by atoms with Crippen molar-refractivity contribution in [2.45, 2.75) is 101 Å². The van der Waals surface area contributed by atoms with Gasteiger partial charge < -0.3 is 10.0 Å². The lowest BCUT2D eigenvalue weighted by Gasteiger charge is -2.39. The minimum atomic E-state index is -0.938. The molecule has 7 heteroatoms. The Balaban J connectivity index is 1.38. The van der Waals surface area contributed by atoms with Crippen LogP contribution in [0.5, 0.6) is 0 Å². The van der Waals surface area contributed by atoms with Crippen LogP contribution in [0.25, 0.3) is 10.9 Å². The zero-order chi connectivity index (χ0) is 27.7. The first-order valence-electron chi connectivity index (χ1n) is 14.3. The van der Waals surface area contributed by atoms with Crippen LogP contribution in [0.3, 0.4) is 0 Å². The van der Waals surface area contributed by atoms with Crippen molar-refractivity contribution < 1.29 is 14.7 Å². The van der Waals surface area contributed by atoms with Crippen molar-refractivity contribution >= 4 is 51.6 Å². The number of thiophene rings is 1. The van der Waals surface area contributed by atoms with Gasteiger partial charge in [-0.2, -0.15) is 0 Å². The van der Waals surface area contributed by atoms with Gasteiger partial charge in [0.25, 0.3) is 0 Å². The number of aromatic carboxylic acids is 1. The van der Waals surface area contributed by atoms with Gasteiger partial charge in [0.2, 0.25) is 5.91 Å². The molecule has 208 valence electrons. The van der Waals surface area contributed by atoms with Gasteiger partial charge in [-0.3, -0.25) is 4.79 Å². The lowest BCUT2D eigenvalue weighted by atomic mass is 9.81. The highest BCUT2D eigenvalue weighted by atomic mass is 32.2. The minimum Gasteiger partial charge on any atom is -0.477 e. The highest BCUT2D eigenvalue weighted by Crippen LogP contribution is 2.43. The van der Waals surface area contributed by atoms with Crippen molar-refractivity contribution in [3.05, 3.63) is 52.2 Å². The number of amides is 1. The average molecular weight is 565 g/mol. The fraction of sp³-hybridized carbons (Fsp3) is 0.531. The predicted molar refractivity (Wildman–Crippen MR) is 162 cm³/mol. The van der Waals surface area contributed by atoms with Crippen molar-refractivity contribution in [3.63, 3.8) is 0 Å². The molecule has 0 aliphatic heterocycles. The predicted octanol–water partition coefficient (Wildman–Crippen LogP) is 8.55. The summed E-state index contributed by atoms with van der Waals surface area (Å²) in [5, 5.41) is 12.8. The van der Waals surface area contributed by atoms with E-state index < -0.39 is 5.97 Å².